The third-order valence-corrected chi connectivity index (χ3v) is 8.58. The van der Waals surface area contributed by atoms with Gasteiger partial charge in [-0.25, -0.2) is 13.2 Å². The molecule has 9 nitrogen and oxygen atoms in total. The minimum atomic E-state index is -3.83. The van der Waals surface area contributed by atoms with Gasteiger partial charge in [-0.05, 0) is 49.6 Å². The molecule has 194 valence electrons. The van der Waals surface area contributed by atoms with E-state index in [0.717, 1.165) is 32.4 Å². The molecule has 0 aromatic heterocycles. The van der Waals surface area contributed by atoms with E-state index < -0.39 is 28.5 Å². The van der Waals surface area contributed by atoms with Gasteiger partial charge >= 0.3 is 5.97 Å². The number of para-hydroxylation sites is 1. The number of hydrogen-bond donors (Lipinski definition) is 1. The number of ether oxygens (including phenoxy) is 2. The number of rotatable bonds is 7. The van der Waals surface area contributed by atoms with Crippen LogP contribution in [0.3, 0.4) is 0 Å². The Hall–Kier alpha value is -2.37. The number of carbonyl (C=O) groups excluding carboxylic acids is 2. The van der Waals surface area contributed by atoms with Crippen LogP contribution in [0.2, 0.25) is 10.0 Å². The number of halogens is 2. The van der Waals surface area contributed by atoms with Crippen molar-refractivity contribution in [2.24, 2.45) is 0 Å². The van der Waals surface area contributed by atoms with Crippen LogP contribution in [0, 0.1) is 0 Å². The van der Waals surface area contributed by atoms with Gasteiger partial charge in [0.2, 0.25) is 10.0 Å². The number of amides is 1. The predicted octanol–water partition coefficient (Wildman–Crippen LogP) is 3.80. The minimum absolute atomic E-state index is 0.00981. The molecule has 2 aromatic carbocycles. The highest BCUT2D eigenvalue weighted by Crippen LogP contribution is 2.31. The Morgan fingerprint density at radius 3 is 2.31 bits per heavy atom. The second kappa shape index (κ2) is 11.8. The summed E-state index contributed by atoms with van der Waals surface area (Å²) in [6, 6.07) is 9.26. The summed E-state index contributed by atoms with van der Waals surface area (Å²) < 4.78 is 38.3. The van der Waals surface area contributed by atoms with E-state index in [9.17, 15) is 18.0 Å². The average molecular weight is 556 g/mol. The van der Waals surface area contributed by atoms with Gasteiger partial charge in [0.1, 0.15) is 0 Å². The number of carbonyl (C=O) groups is 2. The van der Waals surface area contributed by atoms with Crippen LogP contribution in [-0.4, -0.2) is 70.6 Å². The number of nitrogens with zero attached hydrogens (tertiary/aromatic N) is 2. The van der Waals surface area contributed by atoms with Crippen LogP contribution in [0.1, 0.15) is 29.6 Å². The molecule has 2 aromatic rings. The fourth-order valence-corrected chi connectivity index (χ4v) is 6.11. The summed E-state index contributed by atoms with van der Waals surface area (Å²) in [4.78, 5) is 27.6. The lowest BCUT2D eigenvalue weighted by Gasteiger charge is -2.31. The Morgan fingerprint density at radius 2 is 1.64 bits per heavy atom. The van der Waals surface area contributed by atoms with Gasteiger partial charge in [0, 0.05) is 26.2 Å². The second-order valence-corrected chi connectivity index (χ2v) is 11.2. The molecule has 0 saturated carbocycles. The number of anilines is 2. The number of morpholine rings is 1. The standard InChI is InChI=1S/C24H27Cl2N3O6S/c25-19-5-4-6-20(26)23(19)27-22(30)16-35-24(31)18-15-17(36(32,33)29-11-13-34-14-12-29)7-8-21(18)28-9-2-1-3-10-28/h4-8,15H,1-3,9-14,16H2,(H,27,30). The molecule has 1 amide bonds. The van der Waals surface area contributed by atoms with Crippen molar-refractivity contribution in [1.29, 1.82) is 0 Å². The maximum Gasteiger partial charge on any atom is 0.340 e. The average Bonchev–Trinajstić information content (AvgIpc) is 2.90. The summed E-state index contributed by atoms with van der Waals surface area (Å²) in [6.45, 7) is 1.97. The van der Waals surface area contributed by atoms with Gasteiger partial charge in [0.15, 0.2) is 6.61 Å². The normalized spacial score (nSPS) is 17.0. The summed E-state index contributed by atoms with van der Waals surface area (Å²) in [7, 11) is -3.83. The largest absolute Gasteiger partial charge is 0.452 e. The summed E-state index contributed by atoms with van der Waals surface area (Å²) in [5.41, 5.74) is 0.888. The van der Waals surface area contributed by atoms with Crippen LogP contribution in [0.4, 0.5) is 11.4 Å². The first-order chi connectivity index (χ1) is 17.3. The van der Waals surface area contributed by atoms with E-state index >= 15 is 0 Å². The Morgan fingerprint density at radius 1 is 0.972 bits per heavy atom. The highest BCUT2D eigenvalue weighted by Gasteiger charge is 2.29. The number of piperidine rings is 1. The first-order valence-corrected chi connectivity index (χ1v) is 13.8. The lowest BCUT2D eigenvalue weighted by Crippen LogP contribution is -2.40. The molecule has 0 atom stereocenters. The predicted molar refractivity (Wildman–Crippen MR) is 137 cm³/mol. The first-order valence-electron chi connectivity index (χ1n) is 11.7. The lowest BCUT2D eigenvalue weighted by molar-refractivity contribution is -0.119. The van der Waals surface area contributed by atoms with Gasteiger partial charge in [-0.1, -0.05) is 29.3 Å². The molecule has 2 aliphatic rings. The molecular weight excluding hydrogens is 529 g/mol. The molecule has 0 aliphatic carbocycles. The third-order valence-electron chi connectivity index (χ3n) is 6.05. The van der Waals surface area contributed by atoms with Gasteiger partial charge in [-0.15, -0.1) is 0 Å². The fourth-order valence-electron chi connectivity index (χ4n) is 4.19. The van der Waals surface area contributed by atoms with Crippen molar-refractivity contribution in [3.8, 4) is 0 Å². The minimum Gasteiger partial charge on any atom is -0.452 e. The highest BCUT2D eigenvalue weighted by atomic mass is 35.5. The summed E-state index contributed by atoms with van der Waals surface area (Å²) >= 11 is 12.2. The van der Waals surface area contributed by atoms with Crippen molar-refractivity contribution in [1.82, 2.24) is 4.31 Å². The van der Waals surface area contributed by atoms with Crippen molar-refractivity contribution in [3.63, 3.8) is 0 Å². The topological polar surface area (TPSA) is 105 Å². The number of nitrogens with one attached hydrogen (secondary N) is 1. The van der Waals surface area contributed by atoms with Gasteiger partial charge < -0.3 is 19.7 Å². The molecule has 2 aliphatic heterocycles. The summed E-state index contributed by atoms with van der Waals surface area (Å²) in [6.07, 6.45) is 3.01. The summed E-state index contributed by atoms with van der Waals surface area (Å²) in [5.74, 6) is -1.43. The van der Waals surface area contributed by atoms with Gasteiger partial charge in [0.25, 0.3) is 5.91 Å². The van der Waals surface area contributed by atoms with Crippen molar-refractivity contribution in [2.45, 2.75) is 24.2 Å². The van der Waals surface area contributed by atoms with E-state index in [-0.39, 0.29) is 39.3 Å². The van der Waals surface area contributed by atoms with Crippen LogP contribution in [-0.2, 0) is 24.3 Å². The smallest absolute Gasteiger partial charge is 0.340 e. The SMILES string of the molecule is O=C(COC(=O)c1cc(S(=O)(=O)N2CCOCC2)ccc1N1CCCCC1)Nc1c(Cl)cccc1Cl. The van der Waals surface area contributed by atoms with Crippen LogP contribution in [0.25, 0.3) is 0 Å². The third kappa shape index (κ3) is 6.12. The molecule has 0 spiro atoms. The zero-order valence-corrected chi connectivity index (χ0v) is 21.9. The Labute approximate surface area is 220 Å². The monoisotopic (exact) mass is 555 g/mol. The zero-order valence-electron chi connectivity index (χ0n) is 19.5. The van der Waals surface area contributed by atoms with Crippen molar-refractivity contribution < 1.29 is 27.5 Å². The fraction of sp³-hybridized carbons (Fsp3) is 0.417. The van der Waals surface area contributed by atoms with Crippen molar-refractivity contribution in [2.75, 3.05) is 56.2 Å². The van der Waals surface area contributed by atoms with Crippen LogP contribution in [0.15, 0.2) is 41.3 Å². The molecular formula is C24H27Cl2N3O6S. The molecule has 2 saturated heterocycles. The van der Waals surface area contributed by atoms with Crippen molar-refractivity contribution in [3.05, 3.63) is 52.0 Å². The number of hydrogen-bond acceptors (Lipinski definition) is 7. The van der Waals surface area contributed by atoms with E-state index in [4.69, 9.17) is 32.7 Å². The van der Waals surface area contributed by atoms with E-state index in [0.29, 0.717) is 18.9 Å². The Bertz CT molecular complexity index is 1210. The molecule has 4 rings (SSSR count). The van der Waals surface area contributed by atoms with E-state index in [1.165, 1.54) is 16.4 Å². The molecule has 0 bridgehead atoms. The number of benzene rings is 2. The molecule has 2 heterocycles. The maximum absolute atomic E-state index is 13.2. The van der Waals surface area contributed by atoms with E-state index in [1.54, 1.807) is 24.3 Å². The maximum atomic E-state index is 13.2. The second-order valence-electron chi connectivity index (χ2n) is 8.46. The lowest BCUT2D eigenvalue weighted by atomic mass is 10.1. The molecule has 12 heteroatoms. The molecule has 0 unspecified atom stereocenters. The molecule has 1 N–H and O–H groups in total. The molecule has 0 radical (unpaired) electrons. The zero-order chi connectivity index (χ0) is 25.7. The van der Waals surface area contributed by atoms with Gasteiger partial charge in [-0.3, -0.25) is 4.79 Å². The highest BCUT2D eigenvalue weighted by molar-refractivity contribution is 7.89. The molecule has 2 fully saturated rings. The van der Waals surface area contributed by atoms with E-state index in [1.807, 2.05) is 4.90 Å². The van der Waals surface area contributed by atoms with Gasteiger partial charge in [0.05, 0.1) is 45.1 Å². The quantitative estimate of drug-likeness (QED) is 0.518. The Kier molecular flexibility index (Phi) is 8.74. The van der Waals surface area contributed by atoms with Gasteiger partial charge in [-0.2, -0.15) is 4.31 Å². The first kappa shape index (κ1) is 26.7. The summed E-state index contributed by atoms with van der Waals surface area (Å²) in [5, 5.41) is 3.03. The van der Waals surface area contributed by atoms with Crippen LogP contribution in [0.5, 0.6) is 0 Å². The van der Waals surface area contributed by atoms with Crippen molar-refractivity contribution >= 4 is 56.5 Å². The van der Waals surface area contributed by atoms with Crippen LogP contribution >= 0.6 is 23.2 Å². The molecule has 36 heavy (non-hydrogen) atoms. The number of sulfonamides is 1. The Balaban J connectivity index is 1.55. The van der Waals surface area contributed by atoms with Crippen LogP contribution < -0.4 is 10.2 Å². The van der Waals surface area contributed by atoms with E-state index in [2.05, 4.69) is 5.32 Å². The number of esters is 1.